The average molecular weight is 512 g/mol. The molecule has 0 spiro atoms. The Morgan fingerprint density at radius 3 is 2.76 bits per heavy atom. The lowest BCUT2D eigenvalue weighted by Gasteiger charge is -2.13. The van der Waals surface area contributed by atoms with Gasteiger partial charge in [0, 0.05) is 58.4 Å². The van der Waals surface area contributed by atoms with Gasteiger partial charge in [-0.25, -0.2) is 4.39 Å². The number of rotatable bonds is 11. The lowest BCUT2D eigenvalue weighted by molar-refractivity contribution is 0.104. The summed E-state index contributed by atoms with van der Waals surface area (Å²) < 4.78 is 20.8. The zero-order valence-corrected chi connectivity index (χ0v) is 21.2. The Balaban J connectivity index is 1.20. The number of para-hydroxylation sites is 1. The number of allylic oxidation sites excluding steroid dienone is 1. The Morgan fingerprint density at radius 1 is 1.13 bits per heavy atom. The predicted molar refractivity (Wildman–Crippen MR) is 149 cm³/mol. The molecule has 0 saturated heterocycles. The van der Waals surface area contributed by atoms with Gasteiger partial charge in [-0.05, 0) is 79.2 Å². The summed E-state index contributed by atoms with van der Waals surface area (Å²) >= 11 is 0. The van der Waals surface area contributed by atoms with E-state index in [-0.39, 0.29) is 11.6 Å². The van der Waals surface area contributed by atoms with Crippen molar-refractivity contribution in [3.63, 3.8) is 0 Å². The summed E-state index contributed by atoms with van der Waals surface area (Å²) in [6, 6.07) is 19.7. The van der Waals surface area contributed by atoms with Crippen LogP contribution in [-0.4, -0.2) is 46.7 Å². The number of aliphatic hydroxyl groups excluding tert-OH is 1. The van der Waals surface area contributed by atoms with Crippen molar-refractivity contribution in [2.24, 2.45) is 0 Å². The highest BCUT2D eigenvalue weighted by Crippen LogP contribution is 2.24. The van der Waals surface area contributed by atoms with Gasteiger partial charge in [-0.3, -0.25) is 4.79 Å². The molecule has 2 aromatic heterocycles. The minimum atomic E-state index is -0.607. The van der Waals surface area contributed by atoms with Crippen LogP contribution in [0.4, 0.5) is 4.39 Å². The number of H-pyrrole nitrogens is 1. The van der Waals surface area contributed by atoms with Crippen molar-refractivity contribution >= 4 is 33.7 Å². The van der Waals surface area contributed by atoms with E-state index in [2.05, 4.69) is 10.3 Å². The Bertz CT molecular complexity index is 1580. The number of aromatic nitrogens is 2. The molecule has 7 heteroatoms. The third-order valence-corrected chi connectivity index (χ3v) is 6.70. The molecule has 0 fully saturated rings. The molecule has 0 aliphatic carbocycles. The molecular formula is C31H30FN3O3. The molecule has 38 heavy (non-hydrogen) atoms. The molecular weight excluding hydrogens is 481 g/mol. The summed E-state index contributed by atoms with van der Waals surface area (Å²) in [6.07, 6.45) is 7.38. The van der Waals surface area contributed by atoms with Crippen LogP contribution in [0.1, 0.15) is 21.5 Å². The SMILES string of the molecule is COc1ccc(C(=O)/C=C/c2cn(C[C@@H](O)CNCCc3c[nH]c4ccc(F)cc34)c3ccccc23)cc1. The van der Waals surface area contributed by atoms with E-state index in [1.54, 1.807) is 49.6 Å². The highest BCUT2D eigenvalue weighted by Gasteiger charge is 2.12. The molecule has 1 atom stereocenters. The molecule has 0 saturated carbocycles. The Hall–Kier alpha value is -4.20. The number of carbonyl (C=O) groups is 1. The molecule has 3 N–H and O–H groups in total. The van der Waals surface area contributed by atoms with E-state index in [0.717, 1.165) is 39.4 Å². The number of ether oxygens (including phenoxy) is 1. The number of aromatic amines is 1. The molecule has 0 bridgehead atoms. The van der Waals surface area contributed by atoms with Gasteiger partial charge in [0.15, 0.2) is 5.78 Å². The summed E-state index contributed by atoms with van der Waals surface area (Å²) in [5.74, 6) is 0.363. The fourth-order valence-electron chi connectivity index (χ4n) is 4.72. The van der Waals surface area contributed by atoms with Crippen molar-refractivity contribution in [2.45, 2.75) is 19.1 Å². The van der Waals surface area contributed by atoms with E-state index >= 15 is 0 Å². The normalized spacial score (nSPS) is 12.5. The van der Waals surface area contributed by atoms with E-state index in [1.165, 1.54) is 6.07 Å². The fraction of sp³-hybridized carbons (Fsp3) is 0.194. The van der Waals surface area contributed by atoms with Gasteiger partial charge < -0.3 is 24.7 Å². The summed E-state index contributed by atoms with van der Waals surface area (Å²) in [4.78, 5) is 15.8. The van der Waals surface area contributed by atoms with Gasteiger partial charge in [-0.2, -0.15) is 0 Å². The molecule has 2 heterocycles. The average Bonchev–Trinajstić information content (AvgIpc) is 3.50. The number of aliphatic hydroxyl groups is 1. The number of nitrogens with zero attached hydrogens (tertiary/aromatic N) is 1. The smallest absolute Gasteiger partial charge is 0.185 e. The number of benzene rings is 3. The van der Waals surface area contributed by atoms with Gasteiger partial charge >= 0.3 is 0 Å². The summed E-state index contributed by atoms with van der Waals surface area (Å²) in [5, 5.41) is 15.9. The van der Waals surface area contributed by atoms with Gasteiger partial charge in [0.1, 0.15) is 11.6 Å². The molecule has 3 aromatic carbocycles. The Morgan fingerprint density at radius 2 is 1.95 bits per heavy atom. The summed E-state index contributed by atoms with van der Waals surface area (Å²) in [5.41, 5.74) is 4.44. The molecule has 5 aromatic rings. The van der Waals surface area contributed by atoms with Crippen LogP contribution in [0.25, 0.3) is 27.9 Å². The van der Waals surface area contributed by atoms with Crippen LogP contribution < -0.4 is 10.1 Å². The Labute approximate surface area is 220 Å². The first-order valence-electron chi connectivity index (χ1n) is 12.6. The van der Waals surface area contributed by atoms with Gasteiger partial charge in [-0.1, -0.05) is 18.2 Å². The van der Waals surface area contributed by atoms with E-state index in [0.29, 0.717) is 30.9 Å². The van der Waals surface area contributed by atoms with Crippen LogP contribution in [0, 0.1) is 5.82 Å². The standard InChI is InChI=1S/C31H30FN3O3/c1-38-26-10-6-21(7-11-26)31(37)13-8-23-19-35(30-5-3-2-4-27(23)30)20-25(36)18-33-15-14-22-17-34-29-12-9-24(32)16-28(22)29/h2-13,16-17,19,25,33-34,36H,14-15,18,20H2,1H3/b13-8+/t25-/m0/s1. The van der Waals surface area contributed by atoms with Crippen molar-refractivity contribution < 1.29 is 19.0 Å². The Kier molecular flexibility index (Phi) is 7.67. The van der Waals surface area contributed by atoms with Crippen molar-refractivity contribution in [3.05, 3.63) is 108 Å². The van der Waals surface area contributed by atoms with Crippen molar-refractivity contribution in [3.8, 4) is 5.75 Å². The molecule has 5 rings (SSSR count). The third-order valence-electron chi connectivity index (χ3n) is 6.70. The van der Waals surface area contributed by atoms with E-state index in [4.69, 9.17) is 4.74 Å². The lowest BCUT2D eigenvalue weighted by Crippen LogP contribution is -2.31. The molecule has 0 radical (unpaired) electrons. The first-order valence-corrected chi connectivity index (χ1v) is 12.6. The molecule has 6 nitrogen and oxygen atoms in total. The van der Waals surface area contributed by atoms with Crippen LogP contribution >= 0.6 is 0 Å². The minimum Gasteiger partial charge on any atom is -0.497 e. The quantitative estimate of drug-likeness (QED) is 0.127. The number of ketones is 1. The number of hydrogen-bond donors (Lipinski definition) is 3. The van der Waals surface area contributed by atoms with Gasteiger partial charge in [0.25, 0.3) is 0 Å². The number of halogens is 1. The van der Waals surface area contributed by atoms with Crippen LogP contribution in [0.5, 0.6) is 5.75 Å². The highest BCUT2D eigenvalue weighted by molar-refractivity contribution is 6.07. The lowest BCUT2D eigenvalue weighted by atomic mass is 10.1. The number of hydrogen-bond acceptors (Lipinski definition) is 4. The maximum absolute atomic E-state index is 13.6. The third kappa shape index (κ3) is 5.69. The number of carbonyl (C=O) groups excluding carboxylic acids is 1. The van der Waals surface area contributed by atoms with Crippen molar-refractivity contribution in [2.75, 3.05) is 20.2 Å². The topological polar surface area (TPSA) is 79.3 Å². The zero-order chi connectivity index (χ0) is 26.5. The molecule has 194 valence electrons. The molecule has 0 aliphatic heterocycles. The van der Waals surface area contributed by atoms with Crippen LogP contribution in [0.3, 0.4) is 0 Å². The maximum Gasteiger partial charge on any atom is 0.185 e. The zero-order valence-electron chi connectivity index (χ0n) is 21.2. The van der Waals surface area contributed by atoms with Crippen LogP contribution in [0.2, 0.25) is 0 Å². The highest BCUT2D eigenvalue weighted by atomic mass is 19.1. The van der Waals surface area contributed by atoms with Gasteiger partial charge in [-0.15, -0.1) is 0 Å². The van der Waals surface area contributed by atoms with Crippen LogP contribution in [0.15, 0.2) is 85.2 Å². The van der Waals surface area contributed by atoms with E-state index in [1.807, 2.05) is 47.3 Å². The predicted octanol–water partition coefficient (Wildman–Crippen LogP) is 5.36. The fourth-order valence-corrected chi connectivity index (χ4v) is 4.72. The summed E-state index contributed by atoms with van der Waals surface area (Å²) in [7, 11) is 1.59. The number of fused-ring (bicyclic) bond motifs is 2. The number of methoxy groups -OCH3 is 1. The second-order valence-electron chi connectivity index (χ2n) is 9.29. The second-order valence-corrected chi connectivity index (χ2v) is 9.29. The number of nitrogens with one attached hydrogen (secondary N) is 2. The summed E-state index contributed by atoms with van der Waals surface area (Å²) in [6.45, 7) is 1.49. The largest absolute Gasteiger partial charge is 0.497 e. The molecule has 0 aliphatic rings. The maximum atomic E-state index is 13.6. The molecule has 0 amide bonds. The van der Waals surface area contributed by atoms with Gasteiger partial charge in [0.2, 0.25) is 0 Å². The monoisotopic (exact) mass is 511 g/mol. The van der Waals surface area contributed by atoms with Gasteiger partial charge in [0.05, 0.1) is 13.2 Å². The second kappa shape index (κ2) is 11.5. The van der Waals surface area contributed by atoms with Crippen LogP contribution in [-0.2, 0) is 13.0 Å². The van der Waals surface area contributed by atoms with E-state index in [9.17, 15) is 14.3 Å². The van der Waals surface area contributed by atoms with E-state index < -0.39 is 6.10 Å². The molecule has 0 unspecified atom stereocenters. The van der Waals surface area contributed by atoms with Crippen molar-refractivity contribution in [1.29, 1.82) is 0 Å². The first kappa shape index (κ1) is 25.4. The minimum absolute atomic E-state index is 0.0911. The first-order chi connectivity index (χ1) is 18.5. The van der Waals surface area contributed by atoms with Crippen molar-refractivity contribution in [1.82, 2.24) is 14.9 Å².